The highest BCUT2D eigenvalue weighted by Gasteiger charge is 2.19. The van der Waals surface area contributed by atoms with Crippen molar-refractivity contribution in [3.05, 3.63) is 49.1 Å². The molecule has 0 bridgehead atoms. The molecule has 12 heteroatoms. The molecule has 0 unspecified atom stereocenters. The summed E-state index contributed by atoms with van der Waals surface area (Å²) in [6.45, 7) is 20.4. The topological polar surface area (TPSA) is 129 Å². The molecule has 12 nitrogen and oxygen atoms in total. The van der Waals surface area contributed by atoms with Crippen LogP contribution in [0.15, 0.2) is 49.1 Å². The molecule has 0 aliphatic carbocycles. The molecule has 2 saturated heterocycles. The van der Waals surface area contributed by atoms with Crippen molar-refractivity contribution in [2.45, 2.75) is 65.6 Å². The average Bonchev–Trinajstić information content (AvgIpc) is 3.01. The van der Waals surface area contributed by atoms with E-state index in [4.69, 9.17) is 9.47 Å². The highest BCUT2D eigenvalue weighted by molar-refractivity contribution is 5.71. The normalized spacial score (nSPS) is 15.4. The van der Waals surface area contributed by atoms with Gasteiger partial charge in [0.1, 0.15) is 17.5 Å². The summed E-state index contributed by atoms with van der Waals surface area (Å²) in [5.74, 6) is -0.0945. The average molecular weight is 628 g/mol. The van der Waals surface area contributed by atoms with Crippen molar-refractivity contribution in [1.82, 2.24) is 25.5 Å². The van der Waals surface area contributed by atoms with Gasteiger partial charge in [-0.05, 0) is 78.8 Å². The number of rotatable bonds is 8. The number of aldehydes is 1. The molecule has 2 aliphatic heterocycles. The Morgan fingerprint density at radius 2 is 1.29 bits per heavy atom. The lowest BCUT2D eigenvalue weighted by atomic mass is 10.2. The molecule has 2 fully saturated rings. The van der Waals surface area contributed by atoms with Crippen LogP contribution >= 0.6 is 0 Å². The van der Waals surface area contributed by atoms with Gasteiger partial charge in [0.25, 0.3) is 0 Å². The molecule has 0 aromatic carbocycles. The monoisotopic (exact) mass is 627 g/mol. The van der Waals surface area contributed by atoms with E-state index in [1.807, 2.05) is 45.6 Å². The SMILES string of the molecule is CC(C)(C)OC(=O)CCCN1CCN(c2ccncc2)CC1.CC(C)(C)OC(=O)NCC=O.c1cc(N2CCNCC2)ccn1. The van der Waals surface area contributed by atoms with Crippen molar-refractivity contribution in [3.8, 4) is 0 Å². The Labute approximate surface area is 268 Å². The van der Waals surface area contributed by atoms with Crippen molar-refractivity contribution in [2.75, 3.05) is 75.2 Å². The fourth-order valence-electron chi connectivity index (χ4n) is 4.54. The molecular weight excluding hydrogens is 574 g/mol. The molecular formula is C33H53N7O5. The van der Waals surface area contributed by atoms with Gasteiger partial charge in [0, 0.05) is 94.9 Å². The first-order valence-corrected chi connectivity index (χ1v) is 15.7. The van der Waals surface area contributed by atoms with Gasteiger partial charge in [-0.15, -0.1) is 0 Å². The van der Waals surface area contributed by atoms with Crippen LogP contribution in [0.3, 0.4) is 0 Å². The zero-order chi connectivity index (χ0) is 33.1. The van der Waals surface area contributed by atoms with E-state index >= 15 is 0 Å². The predicted molar refractivity (Wildman–Crippen MR) is 178 cm³/mol. The standard InChI is InChI=1S/C17H27N3O2.C9H13N3.C7H13NO3/c1-17(2,3)22-16(21)5-4-10-19-11-13-20(14-12-19)15-6-8-18-9-7-15;1-3-10-4-2-9(1)12-7-5-11-6-8-12;1-7(2,3)11-6(10)8-4-5-9/h6-9H,4-5,10-14H2,1-3H3;1-4,11H,5-8H2;5H,4H2,1-3H3,(H,8,10). The summed E-state index contributed by atoms with van der Waals surface area (Å²) < 4.78 is 10.2. The molecule has 0 saturated carbocycles. The number of alkyl carbamates (subject to hydrolysis) is 1. The van der Waals surface area contributed by atoms with E-state index in [0.29, 0.717) is 12.7 Å². The number of nitrogens with zero attached hydrogens (tertiary/aromatic N) is 5. The number of amides is 1. The second kappa shape index (κ2) is 19.6. The van der Waals surface area contributed by atoms with E-state index in [0.717, 1.165) is 65.3 Å². The quantitative estimate of drug-likeness (QED) is 0.329. The molecule has 1 amide bonds. The summed E-state index contributed by atoms with van der Waals surface area (Å²) >= 11 is 0. The number of aromatic nitrogens is 2. The van der Waals surface area contributed by atoms with Gasteiger partial charge in [-0.2, -0.15) is 0 Å². The van der Waals surface area contributed by atoms with E-state index in [2.05, 4.69) is 59.6 Å². The molecule has 45 heavy (non-hydrogen) atoms. The molecule has 250 valence electrons. The van der Waals surface area contributed by atoms with Crippen LogP contribution in [0.4, 0.5) is 16.2 Å². The summed E-state index contributed by atoms with van der Waals surface area (Å²) in [6.07, 6.45) is 8.76. The number of hydrogen-bond acceptors (Lipinski definition) is 11. The lowest BCUT2D eigenvalue weighted by Crippen LogP contribution is -2.46. The first-order valence-electron chi connectivity index (χ1n) is 15.7. The molecule has 2 N–H and O–H groups in total. The number of esters is 1. The number of piperazine rings is 2. The number of anilines is 2. The number of carbonyl (C=O) groups is 3. The van der Waals surface area contributed by atoms with Crippen LogP contribution in [-0.4, -0.2) is 110 Å². The summed E-state index contributed by atoms with van der Waals surface area (Å²) in [6, 6.07) is 8.23. The largest absolute Gasteiger partial charge is 0.460 e. The lowest BCUT2D eigenvalue weighted by molar-refractivity contribution is -0.155. The Bertz CT molecular complexity index is 1110. The van der Waals surface area contributed by atoms with Gasteiger partial charge in [-0.1, -0.05) is 0 Å². The molecule has 4 heterocycles. The lowest BCUT2D eigenvalue weighted by Gasteiger charge is -2.36. The Kier molecular flexibility index (Phi) is 16.3. The number of hydrogen-bond donors (Lipinski definition) is 2. The maximum absolute atomic E-state index is 11.7. The van der Waals surface area contributed by atoms with E-state index in [-0.39, 0.29) is 18.1 Å². The first-order chi connectivity index (χ1) is 21.4. The Hall–Kier alpha value is -3.77. The third-order valence-electron chi connectivity index (χ3n) is 6.55. The van der Waals surface area contributed by atoms with E-state index in [1.165, 1.54) is 11.4 Å². The smallest absolute Gasteiger partial charge is 0.408 e. The van der Waals surface area contributed by atoms with Crippen LogP contribution in [0, 0.1) is 0 Å². The minimum Gasteiger partial charge on any atom is -0.460 e. The van der Waals surface area contributed by atoms with Crippen molar-refractivity contribution in [2.24, 2.45) is 0 Å². The first kappa shape index (κ1) is 37.4. The van der Waals surface area contributed by atoms with Gasteiger partial charge < -0.3 is 34.7 Å². The molecule has 0 spiro atoms. The second-order valence-electron chi connectivity index (χ2n) is 12.7. The predicted octanol–water partition coefficient (Wildman–Crippen LogP) is 3.53. The van der Waals surface area contributed by atoms with E-state index in [9.17, 15) is 14.4 Å². The summed E-state index contributed by atoms with van der Waals surface area (Å²) in [7, 11) is 0. The highest BCUT2D eigenvalue weighted by atomic mass is 16.6. The highest BCUT2D eigenvalue weighted by Crippen LogP contribution is 2.16. The molecule has 2 aromatic heterocycles. The van der Waals surface area contributed by atoms with Gasteiger partial charge in [-0.3, -0.25) is 19.7 Å². The Balaban J connectivity index is 0.000000259. The maximum Gasteiger partial charge on any atom is 0.408 e. The minimum absolute atomic E-state index is 0.00505. The summed E-state index contributed by atoms with van der Waals surface area (Å²) in [5, 5.41) is 5.59. The zero-order valence-electron chi connectivity index (χ0n) is 28.0. The summed E-state index contributed by atoms with van der Waals surface area (Å²) in [4.78, 5) is 47.4. The van der Waals surface area contributed by atoms with Crippen molar-refractivity contribution in [1.29, 1.82) is 0 Å². The van der Waals surface area contributed by atoms with Crippen LogP contribution in [-0.2, 0) is 19.1 Å². The maximum atomic E-state index is 11.7. The minimum atomic E-state index is -0.565. The summed E-state index contributed by atoms with van der Waals surface area (Å²) in [5.41, 5.74) is 1.63. The Morgan fingerprint density at radius 1 is 0.800 bits per heavy atom. The number of nitrogens with one attached hydrogen (secondary N) is 2. The second-order valence-corrected chi connectivity index (χ2v) is 12.7. The van der Waals surface area contributed by atoms with Crippen LogP contribution in [0.25, 0.3) is 0 Å². The molecule has 4 rings (SSSR count). The fraction of sp³-hybridized carbons (Fsp3) is 0.606. The van der Waals surface area contributed by atoms with Crippen LogP contribution in [0.1, 0.15) is 54.4 Å². The van der Waals surface area contributed by atoms with Crippen LogP contribution in [0.5, 0.6) is 0 Å². The van der Waals surface area contributed by atoms with Gasteiger partial charge >= 0.3 is 12.1 Å². The molecule has 0 radical (unpaired) electrons. The third-order valence-corrected chi connectivity index (χ3v) is 6.55. The third kappa shape index (κ3) is 17.3. The van der Waals surface area contributed by atoms with Crippen molar-refractivity contribution in [3.63, 3.8) is 0 Å². The molecule has 0 atom stereocenters. The Morgan fingerprint density at radius 3 is 1.76 bits per heavy atom. The molecule has 2 aliphatic rings. The van der Waals surface area contributed by atoms with Crippen LogP contribution in [0.2, 0.25) is 0 Å². The fourth-order valence-corrected chi connectivity index (χ4v) is 4.54. The van der Waals surface area contributed by atoms with E-state index in [1.54, 1.807) is 20.8 Å². The van der Waals surface area contributed by atoms with Crippen molar-refractivity contribution < 1.29 is 23.9 Å². The number of ether oxygens (including phenoxy) is 2. The number of carbonyl (C=O) groups excluding carboxylic acids is 3. The number of pyridine rings is 2. The van der Waals surface area contributed by atoms with Gasteiger partial charge in [0.05, 0.1) is 6.54 Å². The van der Waals surface area contributed by atoms with Crippen LogP contribution < -0.4 is 20.4 Å². The van der Waals surface area contributed by atoms with Gasteiger partial charge in [0.2, 0.25) is 0 Å². The van der Waals surface area contributed by atoms with Gasteiger partial charge in [0.15, 0.2) is 0 Å². The molecule has 2 aromatic rings. The zero-order valence-corrected chi connectivity index (χ0v) is 28.0. The van der Waals surface area contributed by atoms with Gasteiger partial charge in [-0.25, -0.2) is 4.79 Å². The van der Waals surface area contributed by atoms with E-state index < -0.39 is 11.7 Å². The van der Waals surface area contributed by atoms with Crippen molar-refractivity contribution >= 4 is 29.7 Å².